The second kappa shape index (κ2) is 14.7. The van der Waals surface area contributed by atoms with Crippen LogP contribution in [0, 0.1) is 17.8 Å². The molecule has 0 spiro atoms. The number of nitrogens with one attached hydrogen (secondary N) is 1. The molecule has 0 saturated heterocycles. The third-order valence-electron chi connectivity index (χ3n) is 8.70. The molecule has 5 atom stereocenters. The Morgan fingerprint density at radius 2 is 1.80 bits per heavy atom. The van der Waals surface area contributed by atoms with Crippen LogP contribution >= 0.6 is 11.6 Å². The van der Waals surface area contributed by atoms with Crippen LogP contribution in [-0.2, 0) is 17.4 Å². The number of hydrogen-bond donors (Lipinski definition) is 1. The predicted octanol–water partition coefficient (Wildman–Crippen LogP) is 7.93. The van der Waals surface area contributed by atoms with E-state index >= 15 is 0 Å². The maximum absolute atomic E-state index is 13.1. The van der Waals surface area contributed by atoms with Gasteiger partial charge in [0.1, 0.15) is 16.7 Å². The molecule has 2 heterocycles. The Balaban J connectivity index is 0.00000181. The van der Waals surface area contributed by atoms with Crippen LogP contribution in [0.5, 0.6) is 5.75 Å². The van der Waals surface area contributed by atoms with Crippen LogP contribution in [0.3, 0.4) is 0 Å². The van der Waals surface area contributed by atoms with Crippen LogP contribution in [0.4, 0.5) is 5.69 Å². The Labute approximate surface area is 249 Å². The van der Waals surface area contributed by atoms with Crippen molar-refractivity contribution in [2.24, 2.45) is 17.8 Å². The SMILES string of the molecule is CC.CCCc1cc(Cl)ccc1C1COc2ccc3cc2N(C1)CC1CCC1CCCCC(C)CS(=O)NC3=O. The van der Waals surface area contributed by atoms with Crippen LogP contribution in [0.15, 0.2) is 36.4 Å². The van der Waals surface area contributed by atoms with Crippen molar-refractivity contribution in [1.29, 1.82) is 0 Å². The summed E-state index contributed by atoms with van der Waals surface area (Å²) < 4.78 is 21.9. The minimum absolute atomic E-state index is 0.205. The van der Waals surface area contributed by atoms with Crippen molar-refractivity contribution in [3.8, 4) is 5.75 Å². The Kier molecular flexibility index (Phi) is 11.4. The number of halogens is 1. The Morgan fingerprint density at radius 3 is 2.55 bits per heavy atom. The van der Waals surface area contributed by atoms with Gasteiger partial charge in [-0.2, -0.15) is 0 Å². The number of anilines is 1. The lowest BCUT2D eigenvalue weighted by Crippen LogP contribution is -2.40. The zero-order valence-electron chi connectivity index (χ0n) is 24.7. The van der Waals surface area contributed by atoms with Gasteiger partial charge in [-0.05, 0) is 84.9 Å². The Bertz CT molecular complexity index is 1170. The van der Waals surface area contributed by atoms with E-state index in [-0.39, 0.29) is 11.8 Å². The molecule has 7 heteroatoms. The lowest BCUT2D eigenvalue weighted by atomic mass is 9.70. The first-order chi connectivity index (χ1) is 19.4. The zero-order valence-corrected chi connectivity index (χ0v) is 26.3. The summed E-state index contributed by atoms with van der Waals surface area (Å²) >= 11 is 6.38. The van der Waals surface area contributed by atoms with Crippen molar-refractivity contribution in [3.05, 3.63) is 58.1 Å². The summed E-state index contributed by atoms with van der Waals surface area (Å²) in [7, 11) is -1.38. The molecule has 3 aliphatic rings. The number of benzene rings is 2. The zero-order chi connectivity index (χ0) is 28.6. The summed E-state index contributed by atoms with van der Waals surface area (Å²) in [5.41, 5.74) is 4.12. The van der Waals surface area contributed by atoms with Gasteiger partial charge in [0.05, 0.1) is 12.3 Å². The van der Waals surface area contributed by atoms with E-state index in [1.54, 1.807) is 6.07 Å². The van der Waals surface area contributed by atoms with E-state index in [0.717, 1.165) is 61.2 Å². The molecule has 1 N–H and O–H groups in total. The first kappa shape index (κ1) is 30.9. The second-order valence-electron chi connectivity index (χ2n) is 11.6. The molecule has 5 unspecified atom stereocenters. The molecule has 1 aliphatic carbocycles. The number of hydrogen-bond acceptors (Lipinski definition) is 4. The summed E-state index contributed by atoms with van der Waals surface area (Å²) in [4.78, 5) is 15.6. The van der Waals surface area contributed by atoms with E-state index in [1.807, 2.05) is 32.0 Å². The van der Waals surface area contributed by atoms with E-state index in [2.05, 4.69) is 35.6 Å². The maximum Gasteiger partial charge on any atom is 0.263 e. The molecule has 0 aromatic heterocycles. The molecular formula is C33H47ClN2O3S. The van der Waals surface area contributed by atoms with Crippen molar-refractivity contribution in [3.63, 3.8) is 0 Å². The average Bonchev–Trinajstić information content (AvgIpc) is 3.11. The molecule has 220 valence electrons. The second-order valence-corrected chi connectivity index (χ2v) is 13.3. The van der Waals surface area contributed by atoms with Crippen LogP contribution in [0.1, 0.15) is 100 Å². The fourth-order valence-electron chi connectivity index (χ4n) is 6.44. The summed E-state index contributed by atoms with van der Waals surface area (Å²) in [5, 5.41) is 0.778. The highest BCUT2D eigenvalue weighted by Crippen LogP contribution is 2.43. The van der Waals surface area contributed by atoms with Gasteiger partial charge < -0.3 is 9.64 Å². The van der Waals surface area contributed by atoms with E-state index in [0.29, 0.717) is 29.8 Å². The molecule has 1 saturated carbocycles. The molecule has 1 amide bonds. The highest BCUT2D eigenvalue weighted by atomic mass is 35.5. The summed E-state index contributed by atoms with van der Waals surface area (Å²) in [5.74, 6) is 3.00. The van der Waals surface area contributed by atoms with Crippen LogP contribution in [0.25, 0.3) is 0 Å². The molecule has 2 aliphatic heterocycles. The van der Waals surface area contributed by atoms with Crippen molar-refractivity contribution in [1.82, 2.24) is 4.72 Å². The standard InChI is InChI=1S/C31H41ClN2O3S.C2H6/c1-3-6-23-15-27(32)12-13-28(23)26-18-34-17-25-10-9-22(25)8-5-4-7-21(2)20-38(36)33-31(35)24-11-14-30(37-19-26)29(34)16-24;1-2/h11-16,21-22,25-26H,3-10,17-20H2,1-2H3,(H,33,35);1-2H3. The molecule has 0 radical (unpaired) electrons. The number of rotatable bonds is 3. The van der Waals surface area contributed by atoms with Crippen LogP contribution in [-0.4, -0.2) is 35.6 Å². The topological polar surface area (TPSA) is 58.6 Å². The van der Waals surface area contributed by atoms with Crippen molar-refractivity contribution in [2.45, 2.75) is 85.0 Å². The van der Waals surface area contributed by atoms with Gasteiger partial charge in [-0.15, -0.1) is 0 Å². The monoisotopic (exact) mass is 586 g/mol. The van der Waals surface area contributed by atoms with Gasteiger partial charge in [0.15, 0.2) is 0 Å². The number of amides is 1. The highest BCUT2D eigenvalue weighted by Gasteiger charge is 2.35. The lowest BCUT2D eigenvalue weighted by molar-refractivity contribution is 0.0982. The number of nitrogens with zero attached hydrogens (tertiary/aromatic N) is 1. The lowest BCUT2D eigenvalue weighted by Gasteiger charge is -2.41. The minimum atomic E-state index is -1.38. The number of ether oxygens (including phenoxy) is 1. The molecule has 5 nitrogen and oxygen atoms in total. The van der Waals surface area contributed by atoms with Crippen molar-refractivity contribution in [2.75, 3.05) is 30.3 Å². The minimum Gasteiger partial charge on any atom is -0.491 e. The molecular weight excluding hydrogens is 540 g/mol. The van der Waals surface area contributed by atoms with Gasteiger partial charge in [-0.3, -0.25) is 9.52 Å². The molecule has 5 rings (SSSR count). The Morgan fingerprint density at radius 1 is 1.02 bits per heavy atom. The number of carbonyl (C=O) groups is 1. The summed E-state index contributed by atoms with van der Waals surface area (Å²) in [6.07, 6.45) is 9.35. The van der Waals surface area contributed by atoms with Crippen LogP contribution in [0.2, 0.25) is 5.02 Å². The van der Waals surface area contributed by atoms with Gasteiger partial charge in [-0.1, -0.05) is 71.0 Å². The number of aryl methyl sites for hydroxylation is 1. The highest BCUT2D eigenvalue weighted by molar-refractivity contribution is 7.83. The third-order valence-corrected chi connectivity index (χ3v) is 10.2. The molecule has 1 fully saturated rings. The van der Waals surface area contributed by atoms with Crippen molar-refractivity contribution < 1.29 is 13.7 Å². The summed E-state index contributed by atoms with van der Waals surface area (Å²) in [6.45, 7) is 10.7. The van der Waals surface area contributed by atoms with Crippen LogP contribution < -0.4 is 14.4 Å². The van der Waals surface area contributed by atoms with Gasteiger partial charge in [0, 0.05) is 35.3 Å². The average molecular weight is 587 g/mol. The van der Waals surface area contributed by atoms with Gasteiger partial charge >= 0.3 is 0 Å². The number of fused-ring (bicyclic) bond motifs is 2. The summed E-state index contributed by atoms with van der Waals surface area (Å²) in [6, 6.07) is 11.9. The van der Waals surface area contributed by atoms with Crippen molar-refractivity contribution >= 4 is 34.2 Å². The van der Waals surface area contributed by atoms with E-state index in [4.69, 9.17) is 16.3 Å². The van der Waals surface area contributed by atoms with E-state index in [1.165, 1.54) is 36.8 Å². The van der Waals surface area contributed by atoms with Gasteiger partial charge in [-0.25, -0.2) is 4.21 Å². The number of carbonyl (C=O) groups excluding carboxylic acids is 1. The fraction of sp³-hybridized carbons (Fsp3) is 0.606. The molecule has 40 heavy (non-hydrogen) atoms. The largest absolute Gasteiger partial charge is 0.491 e. The van der Waals surface area contributed by atoms with Gasteiger partial charge in [0.2, 0.25) is 0 Å². The first-order valence-electron chi connectivity index (χ1n) is 15.4. The quantitative estimate of drug-likeness (QED) is 0.397. The fourth-order valence-corrected chi connectivity index (χ4v) is 7.73. The normalized spacial score (nSPS) is 27.1. The first-order valence-corrected chi connectivity index (χ1v) is 17.1. The van der Waals surface area contributed by atoms with E-state index < -0.39 is 11.0 Å². The smallest absolute Gasteiger partial charge is 0.263 e. The maximum atomic E-state index is 13.1. The Hall–Kier alpha value is -2.05. The van der Waals surface area contributed by atoms with E-state index in [9.17, 15) is 9.00 Å². The predicted molar refractivity (Wildman–Crippen MR) is 168 cm³/mol. The molecule has 2 bridgehead atoms. The molecule has 2 aromatic rings. The molecule has 2 aromatic carbocycles. The van der Waals surface area contributed by atoms with Gasteiger partial charge in [0.25, 0.3) is 5.91 Å². The third kappa shape index (κ3) is 7.61.